The van der Waals surface area contributed by atoms with Crippen LogP contribution in [0.1, 0.15) is 194 Å². The molecule has 1 aliphatic heterocycles. The quantitative estimate of drug-likeness (QED) is 0.0463. The van der Waals surface area contributed by atoms with E-state index in [4.69, 9.17) is 9.47 Å². The normalized spacial score (nSPS) is 21.1. The summed E-state index contributed by atoms with van der Waals surface area (Å²) in [7, 11) is 0. The van der Waals surface area contributed by atoms with Crippen molar-refractivity contribution < 1.29 is 29.9 Å². The van der Waals surface area contributed by atoms with Crippen molar-refractivity contribution in [2.24, 2.45) is 5.92 Å². The summed E-state index contributed by atoms with van der Waals surface area (Å²) < 4.78 is 11.6. The first-order chi connectivity index (χ1) is 24.5. The minimum absolute atomic E-state index is 0.315. The highest BCUT2D eigenvalue weighted by atomic mass is 32.2. The van der Waals surface area contributed by atoms with Crippen molar-refractivity contribution in [2.75, 3.05) is 36.2 Å². The third-order valence-electron chi connectivity index (χ3n) is 10.3. The van der Waals surface area contributed by atoms with Crippen molar-refractivity contribution in [3.8, 4) is 0 Å². The minimum atomic E-state index is -1.39. The van der Waals surface area contributed by atoms with Gasteiger partial charge in [-0.1, -0.05) is 181 Å². The minimum Gasteiger partial charge on any atom is -0.394 e. The molecule has 0 aliphatic carbocycles. The molecule has 0 aromatic heterocycles. The number of hydrogen-bond acceptors (Lipinski definition) is 8. The summed E-state index contributed by atoms with van der Waals surface area (Å²) in [5, 5.41) is 40.3. The molecule has 300 valence electrons. The summed E-state index contributed by atoms with van der Waals surface area (Å²) in [6.07, 6.45) is 32.6. The molecule has 0 bridgehead atoms. The second kappa shape index (κ2) is 36.4. The molecule has 1 rings (SSSR count). The van der Waals surface area contributed by atoms with Gasteiger partial charge in [0.1, 0.15) is 24.4 Å². The van der Waals surface area contributed by atoms with Crippen LogP contribution in [-0.4, -0.2) is 87.4 Å². The van der Waals surface area contributed by atoms with E-state index in [1.54, 1.807) is 0 Å². The molecule has 50 heavy (non-hydrogen) atoms. The second-order valence-electron chi connectivity index (χ2n) is 15.2. The predicted molar refractivity (Wildman–Crippen MR) is 218 cm³/mol. The first kappa shape index (κ1) is 48.5. The predicted octanol–water partition coefficient (Wildman–Crippen LogP) is 10.8. The van der Waals surface area contributed by atoms with Gasteiger partial charge in [0.25, 0.3) is 0 Å². The Labute approximate surface area is 318 Å². The lowest BCUT2D eigenvalue weighted by molar-refractivity contribution is -0.302. The van der Waals surface area contributed by atoms with Gasteiger partial charge in [0, 0.05) is 5.92 Å². The fourth-order valence-corrected chi connectivity index (χ4v) is 9.27. The van der Waals surface area contributed by atoms with Gasteiger partial charge in [-0.2, -0.15) is 23.5 Å². The van der Waals surface area contributed by atoms with Crippen LogP contribution in [-0.2, 0) is 9.47 Å². The summed E-state index contributed by atoms with van der Waals surface area (Å²) >= 11 is 4.00. The zero-order valence-electron chi connectivity index (χ0n) is 32.9. The first-order valence-electron chi connectivity index (χ1n) is 21.6. The van der Waals surface area contributed by atoms with E-state index >= 15 is 0 Å². The molecule has 1 heterocycles. The van der Waals surface area contributed by atoms with Crippen LogP contribution in [0, 0.1) is 5.92 Å². The maximum absolute atomic E-state index is 10.4. The van der Waals surface area contributed by atoms with Gasteiger partial charge in [0.2, 0.25) is 0 Å². The Morgan fingerprint density at radius 3 is 1.16 bits per heavy atom. The zero-order valence-corrected chi connectivity index (χ0v) is 34.6. The second-order valence-corrected chi connectivity index (χ2v) is 17.5. The van der Waals surface area contributed by atoms with Gasteiger partial charge in [-0.15, -0.1) is 0 Å². The van der Waals surface area contributed by atoms with Gasteiger partial charge in [-0.05, 0) is 35.9 Å². The van der Waals surface area contributed by atoms with Gasteiger partial charge in [0.15, 0.2) is 6.29 Å². The molecule has 1 fully saturated rings. The summed E-state index contributed by atoms with van der Waals surface area (Å²) in [5.74, 6) is 4.65. The molecule has 5 atom stereocenters. The van der Waals surface area contributed by atoms with Crippen LogP contribution >= 0.6 is 23.5 Å². The molecular weight excluding hydrogens is 665 g/mol. The monoisotopic (exact) mass is 749 g/mol. The van der Waals surface area contributed by atoms with Gasteiger partial charge < -0.3 is 29.9 Å². The largest absolute Gasteiger partial charge is 0.394 e. The van der Waals surface area contributed by atoms with E-state index in [0.29, 0.717) is 12.5 Å². The van der Waals surface area contributed by atoms with E-state index < -0.39 is 37.3 Å². The number of thioether (sulfide) groups is 2. The molecule has 0 radical (unpaired) electrons. The Morgan fingerprint density at radius 1 is 0.480 bits per heavy atom. The van der Waals surface area contributed by atoms with Crippen molar-refractivity contribution in [2.45, 2.75) is 224 Å². The molecule has 8 heteroatoms. The van der Waals surface area contributed by atoms with Crippen LogP contribution in [0.15, 0.2) is 0 Å². The van der Waals surface area contributed by atoms with E-state index in [0.717, 1.165) is 23.0 Å². The number of aliphatic hydroxyl groups is 4. The Balaban J connectivity index is 2.19. The lowest BCUT2D eigenvalue weighted by Crippen LogP contribution is -2.59. The molecule has 1 aliphatic rings. The fraction of sp³-hybridized carbons (Fsp3) is 1.00. The summed E-state index contributed by atoms with van der Waals surface area (Å²) in [5.41, 5.74) is 0. The number of ether oxygens (including phenoxy) is 2. The fourth-order valence-electron chi connectivity index (χ4n) is 6.88. The zero-order chi connectivity index (χ0) is 36.3. The molecule has 6 nitrogen and oxygen atoms in total. The van der Waals surface area contributed by atoms with Crippen molar-refractivity contribution in [1.82, 2.24) is 0 Å². The highest BCUT2D eigenvalue weighted by molar-refractivity contribution is 8.00. The Kier molecular flexibility index (Phi) is 35.3. The summed E-state index contributed by atoms with van der Waals surface area (Å²) in [4.78, 5) is 0. The van der Waals surface area contributed by atoms with Gasteiger partial charge >= 0.3 is 0 Å². The van der Waals surface area contributed by atoms with Gasteiger partial charge in [-0.25, -0.2) is 0 Å². The molecular formula is C42H84O6S2. The number of rotatable bonds is 38. The molecule has 0 saturated carbocycles. The number of aliphatic hydroxyl groups excluding tert-OH is 4. The molecule has 1 saturated heterocycles. The maximum Gasteiger partial charge on any atom is 0.186 e. The van der Waals surface area contributed by atoms with Crippen molar-refractivity contribution >= 4 is 23.5 Å². The van der Waals surface area contributed by atoms with E-state index in [1.165, 1.54) is 180 Å². The van der Waals surface area contributed by atoms with E-state index in [1.807, 2.05) is 23.5 Å². The van der Waals surface area contributed by atoms with Crippen molar-refractivity contribution in [1.29, 1.82) is 0 Å². The Morgan fingerprint density at radius 2 is 0.820 bits per heavy atom. The van der Waals surface area contributed by atoms with Gasteiger partial charge in [0.05, 0.1) is 13.2 Å². The van der Waals surface area contributed by atoms with Crippen LogP contribution in [0.3, 0.4) is 0 Å². The standard InChI is InChI=1S/C42H84O6S2/c1-3-5-7-9-11-13-15-17-19-21-23-25-27-29-31-49-35-37(34-47-42-41(46)40(45)39(44)38(33-43)48-42)36-50-32-30-28-26-24-22-20-18-16-14-12-10-8-6-4-2/h37-46H,3-36H2,1-2H3/t38-,39-,40+,41-,42+/m1/s1. The SMILES string of the molecule is CCCCCCCCCCCCCCCCSCC(CO[C@H]1O[C@H](CO)[C@@H](O)[C@H](O)[C@H]1O)CSCCCCCCCCCCCCCCCC. The molecule has 0 aromatic rings. The number of hydrogen-bond donors (Lipinski definition) is 4. The first-order valence-corrected chi connectivity index (χ1v) is 23.9. The molecule has 0 amide bonds. The lowest BCUT2D eigenvalue weighted by atomic mass is 9.99. The van der Waals surface area contributed by atoms with Crippen molar-refractivity contribution in [3.63, 3.8) is 0 Å². The number of unbranched alkanes of at least 4 members (excludes halogenated alkanes) is 26. The average Bonchev–Trinajstić information content (AvgIpc) is 3.12. The van der Waals surface area contributed by atoms with Crippen LogP contribution in [0.25, 0.3) is 0 Å². The van der Waals surface area contributed by atoms with Crippen LogP contribution < -0.4 is 0 Å². The maximum atomic E-state index is 10.4. The lowest BCUT2D eigenvalue weighted by Gasteiger charge is -2.40. The molecule has 0 unspecified atom stereocenters. The summed E-state index contributed by atoms with van der Waals surface area (Å²) in [6.45, 7) is 4.57. The molecule has 0 aromatic carbocycles. The third kappa shape index (κ3) is 27.1. The van der Waals surface area contributed by atoms with E-state index in [-0.39, 0.29) is 0 Å². The van der Waals surface area contributed by atoms with Crippen LogP contribution in [0.5, 0.6) is 0 Å². The topological polar surface area (TPSA) is 99.4 Å². The van der Waals surface area contributed by atoms with Crippen molar-refractivity contribution in [3.05, 3.63) is 0 Å². The Hall–Kier alpha value is 0.460. The highest BCUT2D eigenvalue weighted by Gasteiger charge is 2.44. The average molecular weight is 749 g/mol. The van der Waals surface area contributed by atoms with Crippen LogP contribution in [0.4, 0.5) is 0 Å². The molecule has 4 N–H and O–H groups in total. The van der Waals surface area contributed by atoms with E-state index in [9.17, 15) is 20.4 Å². The smallest absolute Gasteiger partial charge is 0.186 e. The van der Waals surface area contributed by atoms with Crippen LogP contribution in [0.2, 0.25) is 0 Å². The highest BCUT2D eigenvalue weighted by Crippen LogP contribution is 2.25. The van der Waals surface area contributed by atoms with E-state index in [2.05, 4.69) is 13.8 Å². The molecule has 0 spiro atoms. The van der Waals surface area contributed by atoms with Gasteiger partial charge in [-0.3, -0.25) is 0 Å². The summed E-state index contributed by atoms with van der Waals surface area (Å²) in [6, 6.07) is 0. The third-order valence-corrected chi connectivity index (χ3v) is 12.9. The Bertz CT molecular complexity index is 651.